The van der Waals surface area contributed by atoms with Crippen molar-refractivity contribution in [2.24, 2.45) is 0 Å². The topological polar surface area (TPSA) is 29.5 Å². The van der Waals surface area contributed by atoms with Crippen molar-refractivity contribution in [1.82, 2.24) is 4.90 Å². The molecule has 0 atom stereocenters. The van der Waals surface area contributed by atoms with Crippen LogP contribution in [0.15, 0.2) is 35.9 Å². The number of halogens is 4. The summed E-state index contributed by atoms with van der Waals surface area (Å²) in [5, 5.41) is -0.379. The highest BCUT2D eigenvalue weighted by atomic mass is 35.5. The lowest BCUT2D eigenvalue weighted by Crippen LogP contribution is -2.26. The molecule has 29 heavy (non-hydrogen) atoms. The number of hydrogen-bond donors (Lipinski definition) is 0. The van der Waals surface area contributed by atoms with E-state index in [1.807, 2.05) is 19.9 Å². The highest BCUT2D eigenvalue weighted by molar-refractivity contribution is 6.31. The average Bonchev–Trinajstić information content (AvgIpc) is 2.64. The molecule has 0 fully saturated rings. The van der Waals surface area contributed by atoms with Gasteiger partial charge in [-0.2, -0.15) is 13.2 Å². The van der Waals surface area contributed by atoms with Crippen molar-refractivity contribution in [1.29, 1.82) is 0 Å². The Labute approximate surface area is 173 Å². The quantitative estimate of drug-likeness (QED) is 0.502. The van der Waals surface area contributed by atoms with Crippen molar-refractivity contribution < 1.29 is 22.7 Å². The number of rotatable bonds is 5. The van der Waals surface area contributed by atoms with Crippen LogP contribution >= 0.6 is 11.6 Å². The van der Waals surface area contributed by atoms with Gasteiger partial charge in [-0.25, -0.2) is 0 Å². The van der Waals surface area contributed by atoms with Gasteiger partial charge in [-0.3, -0.25) is 4.79 Å². The highest BCUT2D eigenvalue weighted by Crippen LogP contribution is 2.38. The van der Waals surface area contributed by atoms with E-state index < -0.39 is 11.7 Å². The second-order valence-electron chi connectivity index (χ2n) is 6.86. The summed E-state index contributed by atoms with van der Waals surface area (Å²) in [6, 6.07) is 7.02. The smallest absolute Gasteiger partial charge is 0.417 e. The summed E-state index contributed by atoms with van der Waals surface area (Å²) in [6.07, 6.45) is -2.77. The predicted octanol–water partition coefficient (Wildman–Crippen LogP) is 6.65. The summed E-state index contributed by atoms with van der Waals surface area (Å²) in [5.41, 5.74) is 2.06. The van der Waals surface area contributed by atoms with Gasteiger partial charge in [0.2, 0.25) is 5.91 Å². The van der Waals surface area contributed by atoms with E-state index in [4.69, 9.17) is 16.3 Å². The van der Waals surface area contributed by atoms with E-state index in [0.717, 1.165) is 28.8 Å². The third-order valence-corrected chi connectivity index (χ3v) is 4.89. The van der Waals surface area contributed by atoms with Gasteiger partial charge in [0.25, 0.3) is 0 Å². The van der Waals surface area contributed by atoms with Crippen molar-refractivity contribution in [3.05, 3.63) is 63.2 Å². The molecule has 0 radical (unpaired) electrons. The van der Waals surface area contributed by atoms with E-state index in [1.54, 1.807) is 37.9 Å². The van der Waals surface area contributed by atoms with Gasteiger partial charge < -0.3 is 9.64 Å². The number of hydrogen-bond acceptors (Lipinski definition) is 2. The number of carbonyl (C=O) groups excluding carboxylic acids is 1. The molecule has 7 heteroatoms. The lowest BCUT2D eigenvalue weighted by atomic mass is 10.0. The minimum atomic E-state index is -4.56. The van der Waals surface area contributed by atoms with E-state index in [2.05, 4.69) is 0 Å². The summed E-state index contributed by atoms with van der Waals surface area (Å²) in [5.74, 6) is 0.416. The van der Waals surface area contributed by atoms with E-state index in [1.165, 1.54) is 6.07 Å². The minimum absolute atomic E-state index is 0.0449. The Balaban J connectivity index is 2.34. The molecule has 0 N–H and O–H groups in total. The fraction of sp³-hybridized carbons (Fsp3) is 0.318. The Morgan fingerprint density at radius 3 is 2.41 bits per heavy atom. The van der Waals surface area contributed by atoms with Crippen LogP contribution in [0.4, 0.5) is 13.2 Å². The Morgan fingerprint density at radius 1 is 1.17 bits per heavy atom. The fourth-order valence-electron chi connectivity index (χ4n) is 2.73. The van der Waals surface area contributed by atoms with Gasteiger partial charge in [0.15, 0.2) is 0 Å². The van der Waals surface area contributed by atoms with E-state index in [9.17, 15) is 18.0 Å². The molecular weight excluding hydrogens is 403 g/mol. The molecule has 0 saturated carbocycles. The van der Waals surface area contributed by atoms with Gasteiger partial charge in [-0.15, -0.1) is 0 Å². The number of ether oxygens (including phenoxy) is 1. The van der Waals surface area contributed by atoms with E-state index >= 15 is 0 Å². The molecule has 0 bridgehead atoms. The summed E-state index contributed by atoms with van der Waals surface area (Å²) in [6.45, 7) is 7.90. The molecular formula is C22H23ClF3NO2. The van der Waals surface area contributed by atoms with Crippen LogP contribution in [0.1, 0.15) is 36.1 Å². The molecule has 0 saturated heterocycles. The Hall–Kier alpha value is -2.47. The number of carbonyl (C=O) groups is 1. The van der Waals surface area contributed by atoms with E-state index in [0.29, 0.717) is 17.9 Å². The normalized spacial score (nSPS) is 12.1. The lowest BCUT2D eigenvalue weighted by Gasteiger charge is -2.16. The van der Waals surface area contributed by atoms with Crippen LogP contribution in [0.3, 0.4) is 0 Å². The van der Waals surface area contributed by atoms with Gasteiger partial charge in [-0.1, -0.05) is 11.6 Å². The van der Waals surface area contributed by atoms with Gasteiger partial charge >= 0.3 is 6.18 Å². The molecule has 156 valence electrons. The molecule has 0 aliphatic rings. The fourth-order valence-corrected chi connectivity index (χ4v) is 2.95. The molecule has 0 aliphatic carbocycles. The SMILES string of the molecule is CCN(C)C(=O)C(C)=Cc1cc(C)c(Oc2ccc(Cl)c(C(F)(F)F)c2)cc1C. The van der Waals surface area contributed by atoms with Gasteiger partial charge in [0.05, 0.1) is 10.6 Å². The molecule has 0 aromatic heterocycles. The Bertz CT molecular complexity index is 952. The number of alkyl halides is 3. The zero-order valence-corrected chi connectivity index (χ0v) is 17.7. The first kappa shape index (κ1) is 22.8. The molecule has 1 amide bonds. The van der Waals surface area contributed by atoms with Crippen LogP contribution < -0.4 is 4.74 Å². The maximum Gasteiger partial charge on any atom is 0.417 e. The van der Waals surface area contributed by atoms with Crippen molar-refractivity contribution in [2.75, 3.05) is 13.6 Å². The van der Waals surface area contributed by atoms with Gasteiger partial charge in [0, 0.05) is 19.2 Å². The van der Waals surface area contributed by atoms with Gasteiger partial charge in [0.1, 0.15) is 11.5 Å². The number of amides is 1. The van der Waals surface area contributed by atoms with Crippen molar-refractivity contribution >= 4 is 23.6 Å². The molecule has 0 aliphatic heterocycles. The molecule has 0 unspecified atom stereocenters. The number of likely N-dealkylation sites (N-methyl/N-ethyl adjacent to an activating group) is 1. The summed E-state index contributed by atoms with van der Waals surface area (Å²) in [7, 11) is 1.73. The van der Waals surface area contributed by atoms with Gasteiger partial charge in [-0.05, 0) is 80.8 Å². The predicted molar refractivity (Wildman–Crippen MR) is 109 cm³/mol. The van der Waals surface area contributed by atoms with Crippen molar-refractivity contribution in [3.63, 3.8) is 0 Å². The van der Waals surface area contributed by atoms with Crippen molar-refractivity contribution in [3.8, 4) is 11.5 Å². The monoisotopic (exact) mass is 425 g/mol. The maximum absolute atomic E-state index is 13.1. The van der Waals surface area contributed by atoms with Crippen LogP contribution in [0.2, 0.25) is 5.02 Å². The van der Waals surface area contributed by atoms with Crippen LogP contribution in [0.25, 0.3) is 6.08 Å². The highest BCUT2D eigenvalue weighted by Gasteiger charge is 2.33. The zero-order chi connectivity index (χ0) is 21.9. The van der Waals surface area contributed by atoms with Crippen LogP contribution in [0, 0.1) is 13.8 Å². The second kappa shape index (κ2) is 8.91. The first-order valence-corrected chi connectivity index (χ1v) is 9.41. The Kier molecular flexibility index (Phi) is 7.01. The molecule has 2 rings (SSSR count). The number of nitrogens with zero attached hydrogens (tertiary/aromatic N) is 1. The molecule has 0 heterocycles. The standard InChI is InChI=1S/C22H23ClF3NO2/c1-6-27(5)21(28)15(4)10-16-9-14(3)20(11-13(16)2)29-17-7-8-19(23)18(12-17)22(24,25)26/h7-12H,6H2,1-5H3. The summed E-state index contributed by atoms with van der Waals surface area (Å²) < 4.78 is 44.9. The van der Waals surface area contributed by atoms with E-state index in [-0.39, 0.29) is 16.7 Å². The molecule has 2 aromatic carbocycles. The van der Waals surface area contributed by atoms with Crippen LogP contribution in [0.5, 0.6) is 11.5 Å². The minimum Gasteiger partial charge on any atom is -0.457 e. The summed E-state index contributed by atoms with van der Waals surface area (Å²) in [4.78, 5) is 13.9. The largest absolute Gasteiger partial charge is 0.457 e. The first-order chi connectivity index (χ1) is 13.4. The first-order valence-electron chi connectivity index (χ1n) is 9.03. The molecule has 2 aromatic rings. The number of benzene rings is 2. The average molecular weight is 426 g/mol. The third-order valence-electron chi connectivity index (χ3n) is 4.57. The molecule has 3 nitrogen and oxygen atoms in total. The zero-order valence-electron chi connectivity index (χ0n) is 16.9. The maximum atomic E-state index is 13.1. The lowest BCUT2D eigenvalue weighted by molar-refractivity contribution is -0.137. The van der Waals surface area contributed by atoms with Crippen LogP contribution in [-0.2, 0) is 11.0 Å². The van der Waals surface area contributed by atoms with Crippen LogP contribution in [-0.4, -0.2) is 24.4 Å². The summed E-state index contributed by atoms with van der Waals surface area (Å²) >= 11 is 5.65. The van der Waals surface area contributed by atoms with Crippen molar-refractivity contribution in [2.45, 2.75) is 33.9 Å². The third kappa shape index (κ3) is 5.54. The second-order valence-corrected chi connectivity index (χ2v) is 7.27. The number of aryl methyl sites for hydroxylation is 2. The Morgan fingerprint density at radius 2 is 1.83 bits per heavy atom. The molecule has 0 spiro atoms.